The lowest BCUT2D eigenvalue weighted by Crippen LogP contribution is -2.37. The van der Waals surface area contributed by atoms with Gasteiger partial charge in [-0.15, -0.1) is 0 Å². The molecule has 0 spiro atoms. The van der Waals surface area contributed by atoms with Crippen LogP contribution >= 0.6 is 0 Å². The molecule has 1 aromatic heterocycles. The number of anilines is 1. The van der Waals surface area contributed by atoms with Crippen molar-refractivity contribution in [1.29, 1.82) is 0 Å². The Morgan fingerprint density at radius 2 is 1.63 bits per heavy atom. The molecule has 0 fully saturated rings. The summed E-state index contributed by atoms with van der Waals surface area (Å²) in [5, 5.41) is 3.36. The number of sulfonamides is 1. The summed E-state index contributed by atoms with van der Waals surface area (Å²) in [5.74, 6) is -1.11. The molecule has 0 aliphatic rings. The first-order valence-electron chi connectivity index (χ1n) is 10.5. The number of benzene rings is 2. The number of aryl methyl sites for hydroxylation is 1. The zero-order chi connectivity index (χ0) is 25.6. The van der Waals surface area contributed by atoms with Crippen LogP contribution in [0.1, 0.15) is 18.2 Å². The van der Waals surface area contributed by atoms with E-state index in [0.29, 0.717) is 5.69 Å². The Labute approximate surface area is 202 Å². The molecule has 0 saturated heterocycles. The van der Waals surface area contributed by atoms with E-state index in [0.717, 1.165) is 15.7 Å². The van der Waals surface area contributed by atoms with Crippen molar-refractivity contribution in [2.75, 3.05) is 11.3 Å². The van der Waals surface area contributed by atoms with Crippen LogP contribution in [0.2, 0.25) is 0 Å². The molecule has 1 atom stereocenters. The maximum absolute atomic E-state index is 13.1. The van der Waals surface area contributed by atoms with Gasteiger partial charge < -0.3 is 22.0 Å². The average Bonchev–Trinajstić information content (AvgIpc) is 2.82. The Bertz CT molecular complexity index is 1380. The van der Waals surface area contributed by atoms with Crippen molar-refractivity contribution in [3.8, 4) is 11.1 Å². The van der Waals surface area contributed by atoms with Crippen molar-refractivity contribution in [2.24, 2.45) is 22.4 Å². The number of carbonyl (C=O) groups is 1. The summed E-state index contributed by atoms with van der Waals surface area (Å²) in [5.41, 5.74) is 17.1. The highest BCUT2D eigenvalue weighted by molar-refractivity contribution is 7.92. The van der Waals surface area contributed by atoms with Gasteiger partial charge in [-0.25, -0.2) is 8.42 Å². The van der Waals surface area contributed by atoms with Crippen molar-refractivity contribution >= 4 is 27.6 Å². The molecular formula is C23H26N6O5S. The number of nitrogens with one attached hydrogen (secondary N) is 1. The zero-order valence-electron chi connectivity index (χ0n) is 18.9. The van der Waals surface area contributed by atoms with E-state index in [1.54, 1.807) is 19.1 Å². The zero-order valence-corrected chi connectivity index (χ0v) is 19.7. The fourth-order valence-corrected chi connectivity index (χ4v) is 4.51. The van der Waals surface area contributed by atoms with Crippen LogP contribution in [0.15, 0.2) is 81.6 Å². The van der Waals surface area contributed by atoms with Crippen LogP contribution in [-0.4, -0.2) is 31.5 Å². The minimum absolute atomic E-state index is 0.0238. The number of hydrogen-bond donors (Lipinski definition) is 4. The van der Waals surface area contributed by atoms with E-state index < -0.39 is 27.5 Å². The van der Waals surface area contributed by atoms with E-state index in [-0.39, 0.29) is 29.6 Å². The van der Waals surface area contributed by atoms with Gasteiger partial charge in [0.1, 0.15) is 18.3 Å². The van der Waals surface area contributed by atoms with Crippen molar-refractivity contribution < 1.29 is 18.0 Å². The first kappa shape index (κ1) is 25.3. The van der Waals surface area contributed by atoms with Gasteiger partial charge in [0.25, 0.3) is 15.6 Å². The van der Waals surface area contributed by atoms with Crippen LogP contribution < -0.4 is 27.5 Å². The molecular weight excluding hydrogens is 472 g/mol. The van der Waals surface area contributed by atoms with E-state index in [4.69, 9.17) is 22.0 Å². The van der Waals surface area contributed by atoms with Gasteiger partial charge >= 0.3 is 0 Å². The molecule has 1 amide bonds. The first-order chi connectivity index (χ1) is 16.6. The summed E-state index contributed by atoms with van der Waals surface area (Å²) in [7, 11) is -4.09. The lowest BCUT2D eigenvalue weighted by Gasteiger charge is -2.20. The van der Waals surface area contributed by atoms with Gasteiger partial charge in [-0.2, -0.15) is 0 Å². The van der Waals surface area contributed by atoms with Crippen LogP contribution in [0.4, 0.5) is 5.69 Å². The minimum Gasteiger partial charge on any atom is -0.393 e. The fourth-order valence-electron chi connectivity index (χ4n) is 3.45. The summed E-state index contributed by atoms with van der Waals surface area (Å²) < 4.78 is 29.3. The number of nitrogens with two attached hydrogens (primary N) is 3. The van der Waals surface area contributed by atoms with Gasteiger partial charge in [0, 0.05) is 12.1 Å². The topological polar surface area (TPSA) is 185 Å². The molecule has 35 heavy (non-hydrogen) atoms. The predicted octanol–water partition coefficient (Wildman–Crippen LogP) is 1.25. The van der Waals surface area contributed by atoms with Crippen molar-refractivity contribution in [1.82, 2.24) is 4.57 Å². The minimum atomic E-state index is -4.09. The van der Waals surface area contributed by atoms with Crippen molar-refractivity contribution in [2.45, 2.75) is 24.3 Å². The third kappa shape index (κ3) is 6.18. The lowest BCUT2D eigenvalue weighted by atomic mass is 10.1. The number of pyridine rings is 1. The van der Waals surface area contributed by atoms with Crippen LogP contribution in [0.25, 0.3) is 11.1 Å². The number of carbonyl (C=O) groups excluding carboxylic acids is 1. The molecule has 12 heteroatoms. The predicted molar refractivity (Wildman–Crippen MR) is 133 cm³/mol. The highest BCUT2D eigenvalue weighted by Gasteiger charge is 2.24. The first-order valence-corrected chi connectivity index (χ1v) is 12.0. The molecule has 3 aromatic rings. The Morgan fingerprint density at radius 1 is 1.00 bits per heavy atom. The summed E-state index contributed by atoms with van der Waals surface area (Å²) in [4.78, 5) is 30.1. The molecule has 0 saturated carbocycles. The molecule has 1 heterocycles. The van der Waals surface area contributed by atoms with Crippen molar-refractivity contribution in [3.05, 3.63) is 82.8 Å². The number of amides is 1. The van der Waals surface area contributed by atoms with E-state index in [2.05, 4.69) is 9.88 Å². The maximum atomic E-state index is 13.1. The number of oxime groups is 1. The van der Waals surface area contributed by atoms with Crippen LogP contribution in [-0.2, 0) is 19.7 Å². The van der Waals surface area contributed by atoms with E-state index in [1.807, 2.05) is 30.3 Å². The molecule has 2 aromatic carbocycles. The summed E-state index contributed by atoms with van der Waals surface area (Å²) in [6.07, 6.45) is -0.0238. The Hall–Kier alpha value is -4.32. The molecule has 0 aliphatic heterocycles. The highest BCUT2D eigenvalue weighted by atomic mass is 32.2. The molecule has 0 aliphatic carbocycles. The summed E-state index contributed by atoms with van der Waals surface area (Å²) in [6.45, 7) is 1.48. The number of primary amides is 1. The SMILES string of the molecule is Cc1ccc(NS(=O)(=O)c2ccc(-c3ccccc3)cc2)c(=O)n1C(CCON=C(N)N)C(N)=O. The van der Waals surface area contributed by atoms with Crippen molar-refractivity contribution in [3.63, 3.8) is 0 Å². The number of rotatable bonds is 10. The molecule has 3 rings (SSSR count). The number of aromatic nitrogens is 1. The number of nitrogens with zero attached hydrogens (tertiary/aromatic N) is 2. The normalized spacial score (nSPS) is 11.9. The third-order valence-corrected chi connectivity index (χ3v) is 6.51. The molecule has 7 N–H and O–H groups in total. The molecule has 0 bridgehead atoms. The Balaban J connectivity index is 1.87. The molecule has 1 unspecified atom stereocenters. The highest BCUT2D eigenvalue weighted by Crippen LogP contribution is 2.22. The second-order valence-corrected chi connectivity index (χ2v) is 9.30. The standard InChI is InChI=1S/C23H26N6O5S/c1-15-7-12-19(22(31)29(15)20(21(24)30)13-14-34-27-23(25)26)28-35(32,33)18-10-8-17(9-11-18)16-5-3-2-4-6-16/h2-12,20,28H,13-14H2,1H3,(H2,24,30)(H4,25,26,27). The van der Waals surface area contributed by atoms with E-state index >= 15 is 0 Å². The smallest absolute Gasteiger partial charge is 0.275 e. The monoisotopic (exact) mass is 498 g/mol. The van der Waals surface area contributed by atoms with E-state index in [9.17, 15) is 18.0 Å². The number of guanidine groups is 1. The van der Waals surface area contributed by atoms with E-state index in [1.165, 1.54) is 24.3 Å². The van der Waals surface area contributed by atoms with Gasteiger partial charge in [0.2, 0.25) is 11.9 Å². The van der Waals surface area contributed by atoms with Gasteiger partial charge in [0.05, 0.1) is 4.90 Å². The van der Waals surface area contributed by atoms with Crippen LogP contribution in [0.3, 0.4) is 0 Å². The van der Waals surface area contributed by atoms with Crippen LogP contribution in [0.5, 0.6) is 0 Å². The van der Waals surface area contributed by atoms with Gasteiger partial charge in [0.15, 0.2) is 0 Å². The van der Waals surface area contributed by atoms with Gasteiger partial charge in [-0.05, 0) is 47.5 Å². The second-order valence-electron chi connectivity index (χ2n) is 7.62. The van der Waals surface area contributed by atoms with Gasteiger partial charge in [-0.1, -0.05) is 42.5 Å². The fraction of sp³-hybridized carbons (Fsp3) is 0.174. The van der Waals surface area contributed by atoms with Gasteiger partial charge in [-0.3, -0.25) is 18.9 Å². The Kier molecular flexibility index (Phi) is 7.76. The average molecular weight is 499 g/mol. The lowest BCUT2D eigenvalue weighted by molar-refractivity contribution is -0.121. The quantitative estimate of drug-likeness (QED) is 0.140. The molecule has 184 valence electrons. The largest absolute Gasteiger partial charge is 0.393 e. The Morgan fingerprint density at radius 3 is 2.23 bits per heavy atom. The second kappa shape index (κ2) is 10.7. The molecule has 0 radical (unpaired) electrons. The summed E-state index contributed by atoms with van der Waals surface area (Å²) >= 11 is 0. The summed E-state index contributed by atoms with van der Waals surface area (Å²) in [6, 6.07) is 17.5. The third-order valence-electron chi connectivity index (χ3n) is 5.13. The molecule has 11 nitrogen and oxygen atoms in total. The van der Waals surface area contributed by atoms with Crippen LogP contribution in [0, 0.1) is 6.92 Å². The number of hydrogen-bond acceptors (Lipinski definition) is 6. The maximum Gasteiger partial charge on any atom is 0.275 e.